The van der Waals surface area contributed by atoms with Crippen molar-refractivity contribution in [2.75, 3.05) is 0 Å². The fraction of sp³-hybridized carbons (Fsp3) is 0.154. The standard InChI is InChI=1S/C13H10O3/c14-8-5-6-10-12(7-8)16-11-4-2-1-3-9(11)13(10)15/h1-7,10,12,14H/t10-,12+/m1/s1. The molecule has 1 aliphatic heterocycles. The van der Waals surface area contributed by atoms with Gasteiger partial charge in [-0.05, 0) is 24.3 Å². The first-order chi connectivity index (χ1) is 7.75. The van der Waals surface area contributed by atoms with Gasteiger partial charge in [-0.2, -0.15) is 0 Å². The molecule has 1 aromatic rings. The van der Waals surface area contributed by atoms with Crippen LogP contribution in [0.4, 0.5) is 0 Å². The molecule has 1 aliphatic carbocycles. The minimum Gasteiger partial charge on any atom is -0.508 e. The predicted molar refractivity (Wildman–Crippen MR) is 58.5 cm³/mol. The van der Waals surface area contributed by atoms with Crippen LogP contribution in [0.1, 0.15) is 10.4 Å². The molecule has 16 heavy (non-hydrogen) atoms. The molecular weight excluding hydrogens is 204 g/mol. The SMILES string of the molecule is O=C1c2ccccc2O[C@H]2C=C(O)C=C[C@@H]12. The summed E-state index contributed by atoms with van der Waals surface area (Å²) in [4.78, 5) is 12.1. The van der Waals surface area contributed by atoms with Crippen LogP contribution in [0.5, 0.6) is 5.75 Å². The van der Waals surface area contributed by atoms with E-state index in [1.807, 2.05) is 12.1 Å². The van der Waals surface area contributed by atoms with Crippen molar-refractivity contribution in [2.24, 2.45) is 5.92 Å². The van der Waals surface area contributed by atoms with Gasteiger partial charge in [-0.3, -0.25) is 4.79 Å². The lowest BCUT2D eigenvalue weighted by Crippen LogP contribution is -2.36. The number of ketones is 1. The number of aliphatic hydroxyl groups is 1. The van der Waals surface area contributed by atoms with Crippen molar-refractivity contribution in [1.82, 2.24) is 0 Å². The van der Waals surface area contributed by atoms with Crippen molar-refractivity contribution in [3.05, 3.63) is 53.8 Å². The Labute approximate surface area is 92.7 Å². The van der Waals surface area contributed by atoms with Crippen LogP contribution in [0.3, 0.4) is 0 Å². The van der Waals surface area contributed by atoms with Crippen LogP contribution in [0, 0.1) is 5.92 Å². The molecule has 0 spiro atoms. The molecule has 0 saturated carbocycles. The zero-order valence-corrected chi connectivity index (χ0v) is 8.46. The predicted octanol–water partition coefficient (Wildman–Crippen LogP) is 2.26. The molecule has 2 aliphatic rings. The maximum absolute atomic E-state index is 12.1. The van der Waals surface area contributed by atoms with E-state index in [2.05, 4.69) is 0 Å². The van der Waals surface area contributed by atoms with Crippen molar-refractivity contribution in [1.29, 1.82) is 0 Å². The topological polar surface area (TPSA) is 46.5 Å². The summed E-state index contributed by atoms with van der Waals surface area (Å²) in [6, 6.07) is 7.18. The van der Waals surface area contributed by atoms with Crippen molar-refractivity contribution in [2.45, 2.75) is 6.10 Å². The number of ether oxygens (including phenoxy) is 1. The Morgan fingerprint density at radius 3 is 2.94 bits per heavy atom. The highest BCUT2D eigenvalue weighted by molar-refractivity contribution is 6.03. The van der Waals surface area contributed by atoms with Crippen LogP contribution >= 0.6 is 0 Å². The first-order valence-corrected chi connectivity index (χ1v) is 5.14. The molecule has 0 amide bonds. The van der Waals surface area contributed by atoms with Gasteiger partial charge in [-0.1, -0.05) is 18.2 Å². The molecule has 3 rings (SSSR count). The molecule has 0 saturated heterocycles. The third-order valence-electron chi connectivity index (χ3n) is 2.88. The van der Waals surface area contributed by atoms with Crippen LogP contribution in [0.25, 0.3) is 0 Å². The Morgan fingerprint density at radius 2 is 2.06 bits per heavy atom. The van der Waals surface area contributed by atoms with E-state index in [1.54, 1.807) is 24.3 Å². The van der Waals surface area contributed by atoms with E-state index >= 15 is 0 Å². The van der Waals surface area contributed by atoms with Crippen molar-refractivity contribution in [3.8, 4) is 5.75 Å². The van der Waals surface area contributed by atoms with Gasteiger partial charge in [0.15, 0.2) is 5.78 Å². The molecule has 1 aromatic carbocycles. The van der Waals surface area contributed by atoms with E-state index in [0.29, 0.717) is 11.3 Å². The minimum atomic E-state index is -0.382. The molecule has 80 valence electrons. The molecule has 0 bridgehead atoms. The minimum absolute atomic E-state index is 0.0480. The fourth-order valence-electron chi connectivity index (χ4n) is 2.08. The maximum Gasteiger partial charge on any atom is 0.177 e. The van der Waals surface area contributed by atoms with E-state index in [1.165, 1.54) is 6.08 Å². The Bertz CT molecular complexity index is 514. The van der Waals surface area contributed by atoms with Crippen LogP contribution in [0.2, 0.25) is 0 Å². The molecule has 0 fully saturated rings. The number of carbonyl (C=O) groups excluding carboxylic acids is 1. The number of allylic oxidation sites excluding steroid dienone is 1. The number of carbonyl (C=O) groups is 1. The van der Waals surface area contributed by atoms with Gasteiger partial charge in [0, 0.05) is 0 Å². The quantitative estimate of drug-likeness (QED) is 0.720. The molecule has 0 unspecified atom stereocenters. The van der Waals surface area contributed by atoms with Gasteiger partial charge >= 0.3 is 0 Å². The van der Waals surface area contributed by atoms with Crippen molar-refractivity contribution in [3.63, 3.8) is 0 Å². The van der Waals surface area contributed by atoms with Gasteiger partial charge in [0.25, 0.3) is 0 Å². The Kier molecular flexibility index (Phi) is 1.86. The van der Waals surface area contributed by atoms with Gasteiger partial charge in [-0.25, -0.2) is 0 Å². The van der Waals surface area contributed by atoms with Crippen molar-refractivity contribution >= 4 is 5.78 Å². The normalized spacial score (nSPS) is 26.5. The zero-order chi connectivity index (χ0) is 11.1. The summed E-state index contributed by atoms with van der Waals surface area (Å²) >= 11 is 0. The first-order valence-electron chi connectivity index (χ1n) is 5.14. The van der Waals surface area contributed by atoms with Crippen molar-refractivity contribution < 1.29 is 14.6 Å². The molecule has 1 heterocycles. The highest BCUT2D eigenvalue weighted by Crippen LogP contribution is 2.33. The van der Waals surface area contributed by atoms with E-state index < -0.39 is 0 Å². The van der Waals surface area contributed by atoms with Gasteiger partial charge in [0.2, 0.25) is 0 Å². The lowest BCUT2D eigenvalue weighted by atomic mass is 9.86. The van der Waals surface area contributed by atoms with Gasteiger partial charge < -0.3 is 9.84 Å². The number of Topliss-reactive ketones (excluding diaryl/α,β-unsaturated/α-hetero) is 1. The Hall–Kier alpha value is -2.03. The average molecular weight is 214 g/mol. The molecule has 1 N–H and O–H groups in total. The maximum atomic E-state index is 12.1. The van der Waals surface area contributed by atoms with Crippen LogP contribution in [-0.2, 0) is 0 Å². The number of fused-ring (bicyclic) bond motifs is 2. The highest BCUT2D eigenvalue weighted by Gasteiger charge is 2.35. The van der Waals surface area contributed by atoms with E-state index in [9.17, 15) is 9.90 Å². The largest absolute Gasteiger partial charge is 0.508 e. The average Bonchev–Trinajstić information content (AvgIpc) is 2.29. The molecule has 0 radical (unpaired) electrons. The molecule has 2 atom stereocenters. The fourth-order valence-corrected chi connectivity index (χ4v) is 2.08. The molecular formula is C13H10O3. The van der Waals surface area contributed by atoms with Crippen LogP contribution in [0.15, 0.2) is 48.3 Å². The lowest BCUT2D eigenvalue weighted by molar-refractivity contribution is 0.0801. The van der Waals surface area contributed by atoms with E-state index in [4.69, 9.17) is 4.74 Å². The summed E-state index contributed by atoms with van der Waals surface area (Å²) in [5.74, 6) is 0.471. The second kappa shape index (κ2) is 3.23. The second-order valence-corrected chi connectivity index (χ2v) is 3.92. The summed E-state index contributed by atoms with van der Waals surface area (Å²) in [5, 5.41) is 9.37. The summed E-state index contributed by atoms with van der Waals surface area (Å²) < 4.78 is 5.67. The van der Waals surface area contributed by atoms with Gasteiger partial charge in [0.05, 0.1) is 11.5 Å². The molecule has 3 heteroatoms. The monoisotopic (exact) mass is 214 g/mol. The summed E-state index contributed by atoms with van der Waals surface area (Å²) in [6.45, 7) is 0. The number of hydrogen-bond acceptors (Lipinski definition) is 3. The van der Waals surface area contributed by atoms with Gasteiger partial charge in [-0.15, -0.1) is 0 Å². The number of benzene rings is 1. The highest BCUT2D eigenvalue weighted by atomic mass is 16.5. The number of hydrogen-bond donors (Lipinski definition) is 1. The summed E-state index contributed by atoms with van der Waals surface area (Å²) in [6.07, 6.45) is 4.42. The number of rotatable bonds is 0. The smallest absolute Gasteiger partial charge is 0.177 e. The second-order valence-electron chi connectivity index (χ2n) is 3.92. The van der Waals surface area contributed by atoms with Gasteiger partial charge in [0.1, 0.15) is 17.6 Å². The van der Waals surface area contributed by atoms with E-state index in [0.717, 1.165) is 0 Å². The van der Waals surface area contributed by atoms with Crippen LogP contribution < -0.4 is 4.74 Å². The van der Waals surface area contributed by atoms with E-state index in [-0.39, 0.29) is 23.6 Å². The third kappa shape index (κ3) is 1.25. The zero-order valence-electron chi connectivity index (χ0n) is 8.46. The third-order valence-corrected chi connectivity index (χ3v) is 2.88. The summed E-state index contributed by atoms with van der Waals surface area (Å²) in [5.41, 5.74) is 0.614. The Morgan fingerprint density at radius 1 is 1.25 bits per heavy atom. The summed E-state index contributed by atoms with van der Waals surface area (Å²) in [7, 11) is 0. The molecule has 3 nitrogen and oxygen atoms in total. The first kappa shape index (κ1) is 9.21. The Balaban J connectivity index is 2.09. The number of aliphatic hydroxyl groups excluding tert-OH is 1. The lowest BCUT2D eigenvalue weighted by Gasteiger charge is -2.30. The molecule has 0 aromatic heterocycles. The number of para-hydroxylation sites is 1. The van der Waals surface area contributed by atoms with Crippen LogP contribution in [-0.4, -0.2) is 17.0 Å².